The van der Waals surface area contributed by atoms with E-state index in [0.717, 1.165) is 29.7 Å². The number of amides is 1. The first-order valence-corrected chi connectivity index (χ1v) is 12.8. The fourth-order valence-corrected chi connectivity index (χ4v) is 4.30. The minimum Gasteiger partial charge on any atom is -0.493 e. The number of para-hydroxylation sites is 1. The van der Waals surface area contributed by atoms with E-state index in [1.54, 1.807) is 0 Å². The summed E-state index contributed by atoms with van der Waals surface area (Å²) in [6.45, 7) is 5.01. The molecule has 0 atom stereocenters. The number of carboxylic acid groups (broad SMARTS) is 1. The van der Waals surface area contributed by atoms with Gasteiger partial charge in [-0.05, 0) is 76.3 Å². The maximum atomic E-state index is 13.4. The summed E-state index contributed by atoms with van der Waals surface area (Å²) in [5.41, 5.74) is 2.56. The molecular formula is C30H37NO4. The third-order valence-corrected chi connectivity index (χ3v) is 6.40. The van der Waals surface area contributed by atoms with Crippen molar-refractivity contribution in [2.45, 2.75) is 77.8 Å². The van der Waals surface area contributed by atoms with Gasteiger partial charge in [0.05, 0.1) is 6.61 Å². The fourth-order valence-electron chi connectivity index (χ4n) is 4.30. The van der Waals surface area contributed by atoms with Crippen LogP contribution in [0.2, 0.25) is 0 Å². The highest BCUT2D eigenvalue weighted by molar-refractivity contribution is 5.94. The lowest BCUT2D eigenvalue weighted by atomic mass is 10.1. The van der Waals surface area contributed by atoms with E-state index in [0.29, 0.717) is 31.1 Å². The maximum absolute atomic E-state index is 13.4. The smallest absolute Gasteiger partial charge is 0.303 e. The highest BCUT2D eigenvalue weighted by Crippen LogP contribution is 2.24. The maximum Gasteiger partial charge on any atom is 0.303 e. The van der Waals surface area contributed by atoms with Crippen LogP contribution in [0.4, 0.5) is 0 Å². The van der Waals surface area contributed by atoms with Crippen LogP contribution in [0.15, 0.2) is 48.5 Å². The molecule has 1 saturated carbocycles. The molecule has 186 valence electrons. The molecule has 5 nitrogen and oxygen atoms in total. The highest BCUT2D eigenvalue weighted by Gasteiger charge is 2.20. The van der Waals surface area contributed by atoms with E-state index in [9.17, 15) is 9.59 Å². The summed E-state index contributed by atoms with van der Waals surface area (Å²) in [5.74, 6) is 7.14. The van der Waals surface area contributed by atoms with E-state index >= 15 is 0 Å². The van der Waals surface area contributed by atoms with E-state index in [2.05, 4.69) is 11.8 Å². The van der Waals surface area contributed by atoms with Gasteiger partial charge in [-0.3, -0.25) is 9.59 Å². The number of hydrogen-bond donors (Lipinski definition) is 1. The Morgan fingerprint density at radius 1 is 1.03 bits per heavy atom. The fraction of sp³-hybridized carbons (Fsp3) is 0.467. The monoisotopic (exact) mass is 475 g/mol. The predicted molar refractivity (Wildman–Crippen MR) is 138 cm³/mol. The first kappa shape index (κ1) is 26.3. The summed E-state index contributed by atoms with van der Waals surface area (Å²) in [4.78, 5) is 25.9. The second-order valence-corrected chi connectivity index (χ2v) is 9.52. The second-order valence-electron chi connectivity index (χ2n) is 9.52. The molecule has 35 heavy (non-hydrogen) atoms. The quantitative estimate of drug-likeness (QED) is 0.306. The first-order valence-electron chi connectivity index (χ1n) is 12.8. The van der Waals surface area contributed by atoms with Crippen molar-refractivity contribution < 1.29 is 19.4 Å². The van der Waals surface area contributed by atoms with Crippen LogP contribution in [0.3, 0.4) is 0 Å². The van der Waals surface area contributed by atoms with Crippen molar-refractivity contribution >= 4 is 11.9 Å². The van der Waals surface area contributed by atoms with Crippen molar-refractivity contribution in [1.82, 2.24) is 4.90 Å². The number of carbonyl (C=O) groups is 2. The molecular weight excluding hydrogens is 438 g/mol. The number of unbranched alkanes of at least 4 members (excludes halogenated alkanes) is 2. The first-order chi connectivity index (χ1) is 16.9. The van der Waals surface area contributed by atoms with Crippen LogP contribution in [0, 0.1) is 17.8 Å². The molecule has 0 heterocycles. The molecule has 2 aromatic rings. The molecule has 0 aliphatic heterocycles. The molecule has 0 unspecified atom stereocenters. The molecule has 0 radical (unpaired) electrons. The van der Waals surface area contributed by atoms with Gasteiger partial charge in [-0.1, -0.05) is 42.9 Å². The van der Waals surface area contributed by atoms with Gasteiger partial charge in [-0.25, -0.2) is 0 Å². The van der Waals surface area contributed by atoms with Gasteiger partial charge in [0, 0.05) is 41.6 Å². The van der Waals surface area contributed by atoms with Gasteiger partial charge in [0.1, 0.15) is 5.75 Å². The molecule has 1 fully saturated rings. The van der Waals surface area contributed by atoms with Crippen molar-refractivity contribution in [2.24, 2.45) is 5.92 Å². The summed E-state index contributed by atoms with van der Waals surface area (Å²) < 4.78 is 5.99. The Balaban J connectivity index is 1.61. The van der Waals surface area contributed by atoms with Crippen molar-refractivity contribution in [3.63, 3.8) is 0 Å². The molecule has 1 aliphatic rings. The van der Waals surface area contributed by atoms with Crippen molar-refractivity contribution in [3.05, 3.63) is 65.2 Å². The van der Waals surface area contributed by atoms with Gasteiger partial charge >= 0.3 is 5.97 Å². The van der Waals surface area contributed by atoms with E-state index in [4.69, 9.17) is 9.84 Å². The molecule has 2 aromatic carbocycles. The van der Waals surface area contributed by atoms with Gasteiger partial charge in [-0.15, -0.1) is 0 Å². The number of aliphatic carboxylic acids is 1. The zero-order valence-electron chi connectivity index (χ0n) is 21.0. The Labute approximate surface area is 209 Å². The average Bonchev–Trinajstić information content (AvgIpc) is 3.37. The van der Waals surface area contributed by atoms with Crippen LogP contribution in [0.1, 0.15) is 86.7 Å². The Bertz CT molecular complexity index is 1030. The Kier molecular flexibility index (Phi) is 10.2. The van der Waals surface area contributed by atoms with Crippen molar-refractivity contribution in [1.29, 1.82) is 0 Å². The standard InChI is InChI=1S/C30H37NO4/c1-23(2)31(22-27-12-7-8-13-28(27)35-21-9-3-4-14-29(32)33)30(34)26-19-17-25(18-20-26)16-15-24-10-5-6-11-24/h7-8,12-13,17-20,23-24H,3-6,9-11,14,21-22H2,1-2H3,(H,32,33). The summed E-state index contributed by atoms with van der Waals surface area (Å²) in [5, 5.41) is 8.75. The third kappa shape index (κ3) is 8.47. The molecule has 5 heteroatoms. The normalized spacial score (nSPS) is 13.3. The molecule has 0 bridgehead atoms. The van der Waals surface area contributed by atoms with Gasteiger partial charge in [-0.2, -0.15) is 0 Å². The van der Waals surface area contributed by atoms with Crippen molar-refractivity contribution in [2.75, 3.05) is 6.61 Å². The molecule has 0 spiro atoms. The summed E-state index contributed by atoms with van der Waals surface area (Å²) in [7, 11) is 0. The van der Waals surface area contributed by atoms with Crippen LogP contribution in [-0.4, -0.2) is 34.5 Å². The molecule has 1 amide bonds. The Morgan fingerprint density at radius 2 is 1.74 bits per heavy atom. The third-order valence-electron chi connectivity index (χ3n) is 6.40. The molecule has 1 N–H and O–H groups in total. The Morgan fingerprint density at radius 3 is 2.43 bits per heavy atom. The SMILES string of the molecule is CC(C)N(Cc1ccccc1OCCCCCC(=O)O)C(=O)c1ccc(C#CC2CCCC2)cc1. The predicted octanol–water partition coefficient (Wildman–Crippen LogP) is 6.30. The lowest BCUT2D eigenvalue weighted by Gasteiger charge is -2.28. The number of ether oxygens (including phenoxy) is 1. The topological polar surface area (TPSA) is 66.8 Å². The molecule has 1 aliphatic carbocycles. The molecule has 3 rings (SSSR count). The van der Waals surface area contributed by atoms with Crippen molar-refractivity contribution in [3.8, 4) is 17.6 Å². The van der Waals surface area contributed by atoms with Gasteiger partial charge in [0.2, 0.25) is 0 Å². The van der Waals surface area contributed by atoms with Crippen LogP contribution in [0.5, 0.6) is 5.75 Å². The highest BCUT2D eigenvalue weighted by atomic mass is 16.5. The number of hydrogen-bond acceptors (Lipinski definition) is 3. The van der Waals surface area contributed by atoms with Crippen LogP contribution >= 0.6 is 0 Å². The second kappa shape index (κ2) is 13.6. The van der Waals surface area contributed by atoms with E-state index in [1.165, 1.54) is 25.7 Å². The molecule has 0 aromatic heterocycles. The van der Waals surface area contributed by atoms with Gasteiger partial charge in [0.25, 0.3) is 5.91 Å². The van der Waals surface area contributed by atoms with Crippen LogP contribution in [0.25, 0.3) is 0 Å². The van der Waals surface area contributed by atoms with Crippen LogP contribution < -0.4 is 4.74 Å². The van der Waals surface area contributed by atoms with E-state index in [-0.39, 0.29) is 18.4 Å². The minimum absolute atomic E-state index is 0.0150. The number of carbonyl (C=O) groups excluding carboxylic acids is 1. The Hall–Kier alpha value is -3.26. The van der Waals surface area contributed by atoms with Crippen LogP contribution in [-0.2, 0) is 11.3 Å². The zero-order valence-corrected chi connectivity index (χ0v) is 21.0. The van der Waals surface area contributed by atoms with Gasteiger partial charge in [0.15, 0.2) is 0 Å². The zero-order chi connectivity index (χ0) is 25.0. The number of carboxylic acids is 1. The number of nitrogens with zero attached hydrogens (tertiary/aromatic N) is 1. The van der Waals surface area contributed by atoms with E-state index in [1.807, 2.05) is 67.3 Å². The number of benzene rings is 2. The van der Waals surface area contributed by atoms with Gasteiger partial charge < -0.3 is 14.7 Å². The lowest BCUT2D eigenvalue weighted by Crippen LogP contribution is -2.36. The largest absolute Gasteiger partial charge is 0.493 e. The number of rotatable bonds is 11. The summed E-state index contributed by atoms with van der Waals surface area (Å²) in [6.07, 6.45) is 7.40. The van der Waals surface area contributed by atoms with E-state index < -0.39 is 5.97 Å². The minimum atomic E-state index is -0.763. The summed E-state index contributed by atoms with van der Waals surface area (Å²) >= 11 is 0. The lowest BCUT2D eigenvalue weighted by molar-refractivity contribution is -0.137. The molecule has 0 saturated heterocycles. The summed E-state index contributed by atoms with van der Waals surface area (Å²) in [6, 6.07) is 15.4. The average molecular weight is 476 g/mol.